The lowest BCUT2D eigenvalue weighted by Gasteiger charge is -2.26. The Labute approximate surface area is 94.6 Å². The van der Waals surface area contributed by atoms with Gasteiger partial charge < -0.3 is 5.32 Å². The van der Waals surface area contributed by atoms with Crippen LogP contribution in [0.5, 0.6) is 0 Å². The van der Waals surface area contributed by atoms with Gasteiger partial charge in [-0.1, -0.05) is 24.3 Å². The molecule has 1 aliphatic rings. The zero-order chi connectivity index (χ0) is 10.8. The zero-order valence-corrected chi connectivity index (χ0v) is 8.93. The summed E-state index contributed by atoms with van der Waals surface area (Å²) in [5, 5.41) is 3.51. The summed E-state index contributed by atoms with van der Waals surface area (Å²) in [7, 11) is 0. The van der Waals surface area contributed by atoms with E-state index in [2.05, 4.69) is 39.6 Å². The monoisotopic (exact) mass is 211 g/mol. The van der Waals surface area contributed by atoms with E-state index in [-0.39, 0.29) is 6.04 Å². The topological polar surface area (TPSA) is 37.8 Å². The molecule has 0 fully saturated rings. The van der Waals surface area contributed by atoms with E-state index in [0.29, 0.717) is 0 Å². The summed E-state index contributed by atoms with van der Waals surface area (Å²) in [5.41, 5.74) is 3.91. The molecule has 1 aromatic heterocycles. The summed E-state index contributed by atoms with van der Waals surface area (Å²) in [5.74, 6) is 0. The average molecular weight is 211 g/mol. The Kier molecular flexibility index (Phi) is 2.38. The first kappa shape index (κ1) is 9.48. The Morgan fingerprint density at radius 2 is 1.94 bits per heavy atom. The van der Waals surface area contributed by atoms with Crippen LogP contribution >= 0.6 is 0 Å². The first-order valence-electron chi connectivity index (χ1n) is 5.51. The van der Waals surface area contributed by atoms with Crippen LogP contribution in [0, 0.1) is 0 Å². The van der Waals surface area contributed by atoms with Gasteiger partial charge in [0, 0.05) is 24.5 Å². The van der Waals surface area contributed by atoms with Crippen molar-refractivity contribution < 1.29 is 0 Å². The van der Waals surface area contributed by atoms with Gasteiger partial charge in [-0.15, -0.1) is 0 Å². The van der Waals surface area contributed by atoms with Gasteiger partial charge in [0.2, 0.25) is 0 Å². The normalized spacial score (nSPS) is 19.1. The van der Waals surface area contributed by atoms with Crippen LogP contribution < -0.4 is 5.32 Å². The Bertz CT molecular complexity index is 482. The fraction of sp³-hybridized carbons (Fsp3) is 0.231. The lowest BCUT2D eigenvalue weighted by molar-refractivity contribution is 0.565. The van der Waals surface area contributed by atoms with Crippen LogP contribution in [0.15, 0.2) is 43.0 Å². The van der Waals surface area contributed by atoms with E-state index >= 15 is 0 Å². The van der Waals surface area contributed by atoms with E-state index in [9.17, 15) is 0 Å². The quantitative estimate of drug-likeness (QED) is 0.780. The molecule has 80 valence electrons. The van der Waals surface area contributed by atoms with Gasteiger partial charge in [0.15, 0.2) is 0 Å². The zero-order valence-electron chi connectivity index (χ0n) is 8.93. The van der Waals surface area contributed by atoms with Crippen LogP contribution in [0.25, 0.3) is 0 Å². The fourth-order valence-electron chi connectivity index (χ4n) is 2.26. The van der Waals surface area contributed by atoms with Crippen molar-refractivity contribution >= 4 is 0 Å². The van der Waals surface area contributed by atoms with Crippen molar-refractivity contribution in [1.82, 2.24) is 15.3 Å². The van der Waals surface area contributed by atoms with E-state index < -0.39 is 0 Å². The van der Waals surface area contributed by atoms with Crippen molar-refractivity contribution in [1.29, 1.82) is 0 Å². The summed E-state index contributed by atoms with van der Waals surface area (Å²) in [4.78, 5) is 8.16. The molecule has 1 aliphatic heterocycles. The van der Waals surface area contributed by atoms with Gasteiger partial charge in [0.1, 0.15) is 6.33 Å². The average Bonchev–Trinajstić information content (AvgIpc) is 2.39. The van der Waals surface area contributed by atoms with E-state index in [1.165, 1.54) is 11.1 Å². The van der Waals surface area contributed by atoms with Crippen LogP contribution in [0.3, 0.4) is 0 Å². The molecule has 2 aromatic rings. The number of nitrogens with zero attached hydrogens (tertiary/aromatic N) is 2. The molecule has 1 N–H and O–H groups in total. The molecular weight excluding hydrogens is 198 g/mol. The number of fused-ring (bicyclic) bond motifs is 1. The summed E-state index contributed by atoms with van der Waals surface area (Å²) < 4.78 is 0. The van der Waals surface area contributed by atoms with Crippen molar-refractivity contribution in [2.45, 2.75) is 12.5 Å². The summed E-state index contributed by atoms with van der Waals surface area (Å²) >= 11 is 0. The minimum atomic E-state index is 0.242. The number of rotatable bonds is 1. The number of aromatic nitrogens is 2. The van der Waals surface area contributed by atoms with E-state index in [4.69, 9.17) is 0 Å². The smallest absolute Gasteiger partial charge is 0.115 e. The highest BCUT2D eigenvalue weighted by atomic mass is 14.9. The van der Waals surface area contributed by atoms with Gasteiger partial charge >= 0.3 is 0 Å². The standard InChI is InChI=1S/C13H13N3/c1-2-4-12-10(3-1)5-6-16-13(12)11-7-14-9-15-8-11/h1-4,7-9,13,16H,5-6H2. The minimum absolute atomic E-state index is 0.242. The van der Waals surface area contributed by atoms with Crippen molar-refractivity contribution in [2.24, 2.45) is 0 Å². The lowest BCUT2D eigenvalue weighted by atomic mass is 9.91. The summed E-state index contributed by atoms with van der Waals surface area (Å²) in [6.45, 7) is 1.01. The Morgan fingerprint density at radius 1 is 1.12 bits per heavy atom. The highest BCUT2D eigenvalue weighted by molar-refractivity contribution is 5.37. The maximum absolute atomic E-state index is 4.08. The molecule has 2 heterocycles. The minimum Gasteiger partial charge on any atom is -0.306 e. The Morgan fingerprint density at radius 3 is 2.81 bits per heavy atom. The van der Waals surface area contributed by atoms with Crippen LogP contribution in [-0.2, 0) is 6.42 Å². The predicted molar refractivity (Wildman–Crippen MR) is 62.0 cm³/mol. The number of nitrogens with one attached hydrogen (secondary N) is 1. The van der Waals surface area contributed by atoms with Gasteiger partial charge in [-0.3, -0.25) is 0 Å². The predicted octanol–water partition coefficient (Wildman–Crippen LogP) is 1.71. The van der Waals surface area contributed by atoms with Gasteiger partial charge in [-0.05, 0) is 17.5 Å². The molecule has 3 heteroatoms. The van der Waals surface area contributed by atoms with Crippen LogP contribution in [0.1, 0.15) is 22.7 Å². The largest absolute Gasteiger partial charge is 0.306 e. The Balaban J connectivity index is 2.05. The van der Waals surface area contributed by atoms with Crippen molar-refractivity contribution in [3.05, 3.63) is 59.7 Å². The molecule has 0 saturated heterocycles. The van der Waals surface area contributed by atoms with Gasteiger partial charge in [0.05, 0.1) is 6.04 Å². The van der Waals surface area contributed by atoms with Gasteiger partial charge in [0.25, 0.3) is 0 Å². The molecule has 3 nitrogen and oxygen atoms in total. The molecule has 1 atom stereocenters. The molecular formula is C13H13N3. The highest BCUT2D eigenvalue weighted by Gasteiger charge is 2.20. The first-order valence-corrected chi connectivity index (χ1v) is 5.51. The molecule has 0 amide bonds. The summed E-state index contributed by atoms with van der Waals surface area (Å²) in [6, 6.07) is 8.81. The van der Waals surface area contributed by atoms with Crippen molar-refractivity contribution in [2.75, 3.05) is 6.54 Å². The van der Waals surface area contributed by atoms with E-state index in [1.54, 1.807) is 6.33 Å². The Hall–Kier alpha value is -1.74. The van der Waals surface area contributed by atoms with E-state index in [1.807, 2.05) is 12.4 Å². The molecule has 0 spiro atoms. The number of hydrogen-bond acceptors (Lipinski definition) is 3. The van der Waals surface area contributed by atoms with Crippen LogP contribution in [0.4, 0.5) is 0 Å². The highest BCUT2D eigenvalue weighted by Crippen LogP contribution is 2.27. The SMILES string of the molecule is c1ccc2c(c1)CCNC2c1cncnc1. The van der Waals surface area contributed by atoms with E-state index in [0.717, 1.165) is 18.5 Å². The third-order valence-corrected chi connectivity index (χ3v) is 3.02. The molecule has 16 heavy (non-hydrogen) atoms. The molecule has 3 rings (SSSR count). The maximum Gasteiger partial charge on any atom is 0.115 e. The van der Waals surface area contributed by atoms with Crippen molar-refractivity contribution in [3.63, 3.8) is 0 Å². The third kappa shape index (κ3) is 1.59. The maximum atomic E-state index is 4.08. The van der Waals surface area contributed by atoms with Gasteiger partial charge in [-0.25, -0.2) is 9.97 Å². The fourth-order valence-corrected chi connectivity index (χ4v) is 2.26. The molecule has 1 unspecified atom stereocenters. The second kappa shape index (κ2) is 4.02. The lowest BCUT2D eigenvalue weighted by Crippen LogP contribution is -2.30. The van der Waals surface area contributed by atoms with Gasteiger partial charge in [-0.2, -0.15) is 0 Å². The number of hydrogen-bond donors (Lipinski definition) is 1. The van der Waals surface area contributed by atoms with Crippen molar-refractivity contribution in [3.8, 4) is 0 Å². The molecule has 0 aliphatic carbocycles. The third-order valence-electron chi connectivity index (χ3n) is 3.02. The summed E-state index contributed by atoms with van der Waals surface area (Å²) in [6.07, 6.45) is 6.43. The number of benzene rings is 1. The second-order valence-electron chi connectivity index (χ2n) is 4.01. The molecule has 1 aromatic carbocycles. The molecule has 0 radical (unpaired) electrons. The molecule has 0 saturated carbocycles. The second-order valence-corrected chi connectivity index (χ2v) is 4.01. The van der Waals surface area contributed by atoms with Crippen LogP contribution in [0.2, 0.25) is 0 Å². The molecule has 0 bridgehead atoms. The first-order chi connectivity index (χ1) is 7.95. The van der Waals surface area contributed by atoms with Crippen LogP contribution in [-0.4, -0.2) is 16.5 Å².